The minimum Gasteiger partial charge on any atom is -0.460 e. The van der Waals surface area contributed by atoms with Crippen LogP contribution >= 0.6 is 0 Å². The van der Waals surface area contributed by atoms with Crippen LogP contribution in [-0.2, 0) is 0 Å². The van der Waals surface area contributed by atoms with Gasteiger partial charge in [-0.3, -0.25) is 0 Å². The summed E-state index contributed by atoms with van der Waals surface area (Å²) >= 11 is 0. The van der Waals surface area contributed by atoms with Crippen molar-refractivity contribution in [2.45, 2.75) is 19.3 Å². The molecular formula is C18H19N5O. The molecule has 6 nitrogen and oxygen atoms in total. The standard InChI is InChI=1S/C18H19N5O/c1-12-5-6-17(24-12)16-10-20-22-18(21-16)23-8-7-14(11-23)13-3-2-4-15(19)9-13/h2-6,9-10,14H,7-8,11,19H2,1H3. The molecule has 1 aromatic carbocycles. The molecule has 1 aliphatic rings. The number of nitrogen functional groups attached to an aromatic ring is 1. The molecule has 24 heavy (non-hydrogen) atoms. The van der Waals surface area contributed by atoms with Gasteiger partial charge in [-0.2, -0.15) is 5.10 Å². The molecule has 0 spiro atoms. The summed E-state index contributed by atoms with van der Waals surface area (Å²) in [6.45, 7) is 3.68. The van der Waals surface area contributed by atoms with Crippen molar-refractivity contribution in [1.29, 1.82) is 0 Å². The molecule has 0 saturated carbocycles. The summed E-state index contributed by atoms with van der Waals surface area (Å²) < 4.78 is 5.63. The molecule has 3 aromatic rings. The molecule has 0 aliphatic carbocycles. The smallest absolute Gasteiger partial charge is 0.246 e. The summed E-state index contributed by atoms with van der Waals surface area (Å²) in [6.07, 6.45) is 2.68. The van der Waals surface area contributed by atoms with Gasteiger partial charge in [0.1, 0.15) is 11.5 Å². The molecule has 122 valence electrons. The molecule has 0 radical (unpaired) electrons. The highest BCUT2D eigenvalue weighted by atomic mass is 16.3. The van der Waals surface area contributed by atoms with E-state index in [1.165, 1.54) is 5.56 Å². The summed E-state index contributed by atoms with van der Waals surface area (Å²) in [5.41, 5.74) is 8.68. The normalized spacial score (nSPS) is 17.4. The minimum absolute atomic E-state index is 0.437. The molecule has 1 atom stereocenters. The minimum atomic E-state index is 0.437. The first-order valence-corrected chi connectivity index (χ1v) is 8.06. The van der Waals surface area contributed by atoms with E-state index < -0.39 is 0 Å². The number of nitrogens with two attached hydrogens (primary N) is 1. The zero-order valence-electron chi connectivity index (χ0n) is 13.5. The number of anilines is 2. The van der Waals surface area contributed by atoms with Crippen molar-refractivity contribution >= 4 is 11.6 Å². The van der Waals surface area contributed by atoms with Crippen LogP contribution in [0.5, 0.6) is 0 Å². The van der Waals surface area contributed by atoms with E-state index >= 15 is 0 Å². The van der Waals surface area contributed by atoms with Crippen LogP contribution in [0.4, 0.5) is 11.6 Å². The molecule has 1 fully saturated rings. The molecular weight excluding hydrogens is 302 g/mol. The number of furan rings is 1. The van der Waals surface area contributed by atoms with Gasteiger partial charge in [-0.1, -0.05) is 12.1 Å². The highest BCUT2D eigenvalue weighted by Crippen LogP contribution is 2.30. The van der Waals surface area contributed by atoms with Crippen LogP contribution in [-0.4, -0.2) is 28.3 Å². The second-order valence-corrected chi connectivity index (χ2v) is 6.15. The number of hydrogen-bond donors (Lipinski definition) is 1. The van der Waals surface area contributed by atoms with E-state index in [2.05, 4.69) is 32.2 Å². The van der Waals surface area contributed by atoms with E-state index in [0.29, 0.717) is 17.6 Å². The predicted octanol–water partition coefficient (Wildman–Crippen LogP) is 3.02. The predicted molar refractivity (Wildman–Crippen MR) is 92.7 cm³/mol. The molecule has 2 N–H and O–H groups in total. The maximum Gasteiger partial charge on any atom is 0.246 e. The molecule has 0 amide bonds. The van der Waals surface area contributed by atoms with Crippen molar-refractivity contribution in [2.75, 3.05) is 23.7 Å². The lowest BCUT2D eigenvalue weighted by Crippen LogP contribution is -2.22. The Morgan fingerprint density at radius 2 is 2.17 bits per heavy atom. The molecule has 0 bridgehead atoms. The maximum atomic E-state index is 5.90. The van der Waals surface area contributed by atoms with Crippen LogP contribution in [0, 0.1) is 6.92 Å². The topological polar surface area (TPSA) is 81.1 Å². The number of nitrogens with zero attached hydrogens (tertiary/aromatic N) is 4. The van der Waals surface area contributed by atoms with Crippen LogP contribution in [0.25, 0.3) is 11.5 Å². The zero-order chi connectivity index (χ0) is 16.5. The molecule has 1 aliphatic heterocycles. The maximum absolute atomic E-state index is 5.90. The fourth-order valence-corrected chi connectivity index (χ4v) is 3.15. The second-order valence-electron chi connectivity index (χ2n) is 6.15. The van der Waals surface area contributed by atoms with Gasteiger partial charge in [0, 0.05) is 24.7 Å². The van der Waals surface area contributed by atoms with Crippen LogP contribution in [0.15, 0.2) is 47.0 Å². The largest absolute Gasteiger partial charge is 0.460 e. The SMILES string of the molecule is Cc1ccc(-c2cnnc(N3CCC(c4cccc(N)c4)C3)n2)o1. The number of benzene rings is 1. The fourth-order valence-electron chi connectivity index (χ4n) is 3.15. The lowest BCUT2D eigenvalue weighted by atomic mass is 9.98. The van der Waals surface area contributed by atoms with Crippen molar-refractivity contribution in [3.8, 4) is 11.5 Å². The van der Waals surface area contributed by atoms with Crippen molar-refractivity contribution in [3.63, 3.8) is 0 Å². The lowest BCUT2D eigenvalue weighted by molar-refractivity contribution is 0.545. The third-order valence-electron chi connectivity index (χ3n) is 4.39. The van der Waals surface area contributed by atoms with Crippen LogP contribution in [0.2, 0.25) is 0 Å². The first kappa shape index (κ1) is 14.7. The number of aromatic nitrogens is 3. The van der Waals surface area contributed by atoms with Crippen LogP contribution in [0.1, 0.15) is 23.7 Å². The van der Waals surface area contributed by atoms with E-state index in [9.17, 15) is 0 Å². The number of aryl methyl sites for hydroxylation is 1. The Hall–Kier alpha value is -2.89. The monoisotopic (exact) mass is 321 g/mol. The quantitative estimate of drug-likeness (QED) is 0.747. The zero-order valence-corrected chi connectivity index (χ0v) is 13.5. The molecule has 1 unspecified atom stereocenters. The lowest BCUT2D eigenvalue weighted by Gasteiger charge is -2.16. The van der Waals surface area contributed by atoms with Gasteiger partial charge in [0.25, 0.3) is 0 Å². The van der Waals surface area contributed by atoms with Crippen LogP contribution < -0.4 is 10.6 Å². The van der Waals surface area contributed by atoms with Crippen molar-refractivity contribution in [1.82, 2.24) is 15.2 Å². The molecule has 4 rings (SSSR count). The Morgan fingerprint density at radius 3 is 2.96 bits per heavy atom. The third-order valence-corrected chi connectivity index (χ3v) is 4.39. The van der Waals surface area contributed by atoms with Crippen molar-refractivity contribution in [2.24, 2.45) is 0 Å². The van der Waals surface area contributed by atoms with Gasteiger partial charge in [-0.05, 0) is 43.2 Å². The van der Waals surface area contributed by atoms with Gasteiger partial charge in [0.2, 0.25) is 5.95 Å². The van der Waals surface area contributed by atoms with Gasteiger partial charge in [-0.25, -0.2) is 4.98 Å². The molecule has 6 heteroatoms. The molecule has 1 saturated heterocycles. The Kier molecular flexibility index (Phi) is 3.65. The fraction of sp³-hybridized carbons (Fsp3) is 0.278. The average Bonchev–Trinajstić information content (AvgIpc) is 3.24. The summed E-state index contributed by atoms with van der Waals surface area (Å²) in [5, 5.41) is 8.29. The first-order valence-electron chi connectivity index (χ1n) is 8.06. The summed E-state index contributed by atoms with van der Waals surface area (Å²) in [6, 6.07) is 11.9. The highest BCUT2D eigenvalue weighted by molar-refractivity contribution is 5.53. The molecule has 2 aromatic heterocycles. The summed E-state index contributed by atoms with van der Waals surface area (Å²) in [4.78, 5) is 6.78. The first-order chi connectivity index (χ1) is 11.7. The average molecular weight is 321 g/mol. The Labute approximate surface area is 140 Å². The van der Waals surface area contributed by atoms with E-state index in [0.717, 1.165) is 36.7 Å². The summed E-state index contributed by atoms with van der Waals surface area (Å²) in [7, 11) is 0. The van der Waals surface area contributed by atoms with Gasteiger partial charge >= 0.3 is 0 Å². The van der Waals surface area contributed by atoms with Gasteiger partial charge in [0.05, 0.1) is 6.20 Å². The van der Waals surface area contributed by atoms with Gasteiger partial charge in [0.15, 0.2) is 5.76 Å². The Morgan fingerprint density at radius 1 is 1.25 bits per heavy atom. The third kappa shape index (κ3) is 2.82. The van der Waals surface area contributed by atoms with Crippen molar-refractivity contribution in [3.05, 3.63) is 53.9 Å². The van der Waals surface area contributed by atoms with Crippen LogP contribution in [0.3, 0.4) is 0 Å². The highest BCUT2D eigenvalue weighted by Gasteiger charge is 2.26. The number of rotatable bonds is 3. The Bertz CT molecular complexity index is 860. The summed E-state index contributed by atoms with van der Waals surface area (Å²) in [5.74, 6) is 2.66. The van der Waals surface area contributed by atoms with Gasteiger partial charge in [-0.15, -0.1) is 5.10 Å². The van der Waals surface area contributed by atoms with E-state index in [4.69, 9.17) is 10.2 Å². The Balaban J connectivity index is 1.55. The van der Waals surface area contributed by atoms with E-state index in [1.807, 2.05) is 31.2 Å². The van der Waals surface area contributed by atoms with E-state index in [-0.39, 0.29) is 0 Å². The molecule has 3 heterocycles. The van der Waals surface area contributed by atoms with Gasteiger partial charge < -0.3 is 15.1 Å². The second kappa shape index (κ2) is 5.96. The van der Waals surface area contributed by atoms with Crippen molar-refractivity contribution < 1.29 is 4.42 Å². The number of hydrogen-bond acceptors (Lipinski definition) is 6. The van der Waals surface area contributed by atoms with E-state index in [1.54, 1.807) is 6.20 Å².